The summed E-state index contributed by atoms with van der Waals surface area (Å²) in [5.41, 5.74) is 8.64. The van der Waals surface area contributed by atoms with E-state index in [1.807, 2.05) is 25.0 Å². The summed E-state index contributed by atoms with van der Waals surface area (Å²) in [7, 11) is 0. The molecule has 0 radical (unpaired) electrons. The minimum absolute atomic E-state index is 0.00274. The minimum atomic E-state index is 0.00274. The maximum Gasteiger partial charge on any atom is 0.266 e. The van der Waals surface area contributed by atoms with Gasteiger partial charge in [0.15, 0.2) is 0 Å². The number of carbonyl (C=O) groups excluding carboxylic acids is 1. The standard InChI is InChI=1S/C14H19N5OS2/c1-7-8(2)16-17-13-10(7)11(15)12(22-13)14(20)19-5-4-9(6-19)18-21-3/h9,18H,4-6,15H2,1-3H3. The molecule has 3 heterocycles. The van der Waals surface area contributed by atoms with Crippen molar-refractivity contribution in [2.75, 3.05) is 25.1 Å². The lowest BCUT2D eigenvalue weighted by Crippen LogP contribution is -2.32. The van der Waals surface area contributed by atoms with Gasteiger partial charge in [0.05, 0.1) is 11.4 Å². The monoisotopic (exact) mass is 337 g/mol. The summed E-state index contributed by atoms with van der Waals surface area (Å²) in [6.07, 6.45) is 2.97. The van der Waals surface area contributed by atoms with Crippen LogP contribution in [0.5, 0.6) is 0 Å². The number of rotatable bonds is 3. The third-order valence-corrected chi connectivity index (χ3v) is 5.74. The topological polar surface area (TPSA) is 84.1 Å². The first-order chi connectivity index (χ1) is 10.5. The zero-order valence-corrected chi connectivity index (χ0v) is 14.5. The molecule has 0 saturated carbocycles. The van der Waals surface area contributed by atoms with Gasteiger partial charge in [-0.05, 0) is 32.1 Å². The van der Waals surface area contributed by atoms with Crippen molar-refractivity contribution in [3.8, 4) is 0 Å². The zero-order valence-electron chi connectivity index (χ0n) is 12.8. The van der Waals surface area contributed by atoms with Crippen LogP contribution in [0.15, 0.2) is 0 Å². The summed E-state index contributed by atoms with van der Waals surface area (Å²) in [6.45, 7) is 5.35. The number of nitrogens with zero attached hydrogens (tertiary/aromatic N) is 3. The number of amides is 1. The van der Waals surface area contributed by atoms with Crippen LogP contribution < -0.4 is 10.5 Å². The molecule has 3 N–H and O–H groups in total. The van der Waals surface area contributed by atoms with Crippen LogP contribution in [0.2, 0.25) is 0 Å². The predicted molar refractivity (Wildman–Crippen MR) is 92.3 cm³/mol. The number of nitrogen functional groups attached to an aromatic ring is 1. The largest absolute Gasteiger partial charge is 0.397 e. The normalized spacial score (nSPS) is 18.3. The highest BCUT2D eigenvalue weighted by atomic mass is 32.2. The van der Waals surface area contributed by atoms with Gasteiger partial charge >= 0.3 is 0 Å². The number of anilines is 1. The van der Waals surface area contributed by atoms with Crippen molar-refractivity contribution < 1.29 is 4.79 Å². The summed E-state index contributed by atoms with van der Waals surface area (Å²) < 4.78 is 3.31. The maximum atomic E-state index is 12.8. The Bertz CT molecular complexity index is 730. The van der Waals surface area contributed by atoms with Crippen LogP contribution in [0, 0.1) is 13.8 Å². The summed E-state index contributed by atoms with van der Waals surface area (Å²) in [6, 6.07) is 0.346. The molecular formula is C14H19N5OS2. The molecule has 0 bridgehead atoms. The second-order valence-electron chi connectivity index (χ2n) is 5.49. The number of nitrogens with one attached hydrogen (secondary N) is 1. The van der Waals surface area contributed by atoms with Gasteiger partial charge in [-0.2, -0.15) is 5.10 Å². The number of carbonyl (C=O) groups is 1. The van der Waals surface area contributed by atoms with Gasteiger partial charge in [0.2, 0.25) is 0 Å². The lowest BCUT2D eigenvalue weighted by Gasteiger charge is -2.16. The average molecular weight is 337 g/mol. The van der Waals surface area contributed by atoms with E-state index in [9.17, 15) is 4.79 Å². The van der Waals surface area contributed by atoms with Gasteiger partial charge in [-0.1, -0.05) is 11.9 Å². The second-order valence-corrected chi connectivity index (χ2v) is 7.14. The Morgan fingerprint density at radius 1 is 1.45 bits per heavy atom. The van der Waals surface area contributed by atoms with Crippen LogP contribution >= 0.6 is 23.3 Å². The van der Waals surface area contributed by atoms with E-state index in [0.29, 0.717) is 16.6 Å². The van der Waals surface area contributed by atoms with Crippen molar-refractivity contribution in [2.45, 2.75) is 26.3 Å². The Morgan fingerprint density at radius 2 is 2.23 bits per heavy atom. The minimum Gasteiger partial charge on any atom is -0.397 e. The lowest BCUT2D eigenvalue weighted by molar-refractivity contribution is 0.0796. The highest BCUT2D eigenvalue weighted by molar-refractivity contribution is 7.96. The summed E-state index contributed by atoms with van der Waals surface area (Å²) in [4.78, 5) is 15.9. The smallest absolute Gasteiger partial charge is 0.266 e. The Hall–Kier alpha value is -1.38. The fourth-order valence-electron chi connectivity index (χ4n) is 2.75. The summed E-state index contributed by atoms with van der Waals surface area (Å²) >= 11 is 2.93. The van der Waals surface area contributed by atoms with Gasteiger partial charge in [0.25, 0.3) is 5.91 Å². The van der Waals surface area contributed by atoms with Gasteiger partial charge in [-0.25, -0.2) is 0 Å². The van der Waals surface area contributed by atoms with Crippen molar-refractivity contribution >= 4 is 45.1 Å². The number of thiophene rings is 1. The van der Waals surface area contributed by atoms with E-state index in [1.165, 1.54) is 11.3 Å². The predicted octanol–water partition coefficient (Wildman–Crippen LogP) is 1.97. The molecule has 118 valence electrons. The van der Waals surface area contributed by atoms with Gasteiger partial charge in [0, 0.05) is 24.5 Å². The molecule has 22 heavy (non-hydrogen) atoms. The molecule has 2 aromatic heterocycles. The van der Waals surface area contributed by atoms with Crippen molar-refractivity contribution in [1.82, 2.24) is 19.8 Å². The van der Waals surface area contributed by atoms with Crippen LogP contribution in [0.4, 0.5) is 5.69 Å². The van der Waals surface area contributed by atoms with Gasteiger partial charge in [-0.3, -0.25) is 9.52 Å². The van der Waals surface area contributed by atoms with E-state index in [1.54, 1.807) is 11.9 Å². The number of hydrogen-bond acceptors (Lipinski definition) is 7. The number of hydrogen-bond donors (Lipinski definition) is 2. The fraction of sp³-hybridized carbons (Fsp3) is 0.500. The van der Waals surface area contributed by atoms with E-state index in [0.717, 1.165) is 41.0 Å². The molecule has 8 heteroatoms. The molecule has 1 saturated heterocycles. The molecule has 1 amide bonds. The number of aromatic nitrogens is 2. The third-order valence-electron chi connectivity index (χ3n) is 4.09. The van der Waals surface area contributed by atoms with Crippen molar-refractivity contribution in [1.29, 1.82) is 0 Å². The molecule has 1 aliphatic heterocycles. The van der Waals surface area contributed by atoms with E-state index in [2.05, 4.69) is 14.9 Å². The molecule has 1 unspecified atom stereocenters. The molecule has 1 fully saturated rings. The molecule has 2 aromatic rings. The van der Waals surface area contributed by atoms with Crippen LogP contribution in [0.1, 0.15) is 27.3 Å². The highest BCUT2D eigenvalue weighted by Crippen LogP contribution is 2.36. The number of likely N-dealkylation sites (tertiary alicyclic amines) is 1. The molecule has 0 aliphatic carbocycles. The Labute approximate surface area is 137 Å². The van der Waals surface area contributed by atoms with E-state index >= 15 is 0 Å². The van der Waals surface area contributed by atoms with Gasteiger partial charge < -0.3 is 10.6 Å². The van der Waals surface area contributed by atoms with Gasteiger partial charge in [-0.15, -0.1) is 16.4 Å². The molecular weight excluding hydrogens is 318 g/mol. The maximum absolute atomic E-state index is 12.8. The summed E-state index contributed by atoms with van der Waals surface area (Å²) in [5.74, 6) is 0.00274. The van der Waals surface area contributed by atoms with Crippen molar-refractivity contribution in [3.05, 3.63) is 16.1 Å². The number of aryl methyl sites for hydroxylation is 2. The van der Waals surface area contributed by atoms with Crippen LogP contribution in [0.3, 0.4) is 0 Å². The Balaban J connectivity index is 1.92. The van der Waals surface area contributed by atoms with Gasteiger partial charge in [0.1, 0.15) is 9.71 Å². The number of fused-ring (bicyclic) bond motifs is 1. The first-order valence-electron chi connectivity index (χ1n) is 7.12. The molecule has 1 atom stereocenters. The zero-order chi connectivity index (χ0) is 15.9. The first kappa shape index (κ1) is 15.5. The molecule has 3 rings (SSSR count). The SMILES string of the molecule is CSNC1CCN(C(=O)c2sc3nnc(C)c(C)c3c2N)C1. The molecule has 0 spiro atoms. The lowest BCUT2D eigenvalue weighted by atomic mass is 10.1. The van der Waals surface area contributed by atoms with Crippen LogP contribution in [-0.2, 0) is 0 Å². The molecule has 6 nitrogen and oxygen atoms in total. The Kier molecular flexibility index (Phi) is 4.24. The summed E-state index contributed by atoms with van der Waals surface area (Å²) in [5, 5.41) is 9.17. The van der Waals surface area contributed by atoms with Crippen molar-refractivity contribution in [2.24, 2.45) is 0 Å². The van der Waals surface area contributed by atoms with E-state index in [4.69, 9.17) is 5.73 Å². The third kappa shape index (κ3) is 2.55. The Morgan fingerprint density at radius 3 is 2.95 bits per heavy atom. The first-order valence-corrected chi connectivity index (χ1v) is 9.16. The van der Waals surface area contributed by atoms with E-state index in [-0.39, 0.29) is 5.91 Å². The number of nitrogens with two attached hydrogens (primary N) is 1. The second kappa shape index (κ2) is 6.02. The highest BCUT2D eigenvalue weighted by Gasteiger charge is 2.30. The van der Waals surface area contributed by atoms with Crippen molar-refractivity contribution in [3.63, 3.8) is 0 Å². The molecule has 0 aromatic carbocycles. The average Bonchev–Trinajstić information content (AvgIpc) is 3.08. The molecule has 1 aliphatic rings. The van der Waals surface area contributed by atoms with Crippen LogP contribution in [0.25, 0.3) is 10.2 Å². The van der Waals surface area contributed by atoms with Crippen LogP contribution in [-0.4, -0.2) is 46.4 Å². The quantitative estimate of drug-likeness (QED) is 0.833. The van der Waals surface area contributed by atoms with E-state index < -0.39 is 0 Å². The fourth-order valence-corrected chi connectivity index (χ4v) is 4.34.